The molecule has 0 radical (unpaired) electrons. The van der Waals surface area contributed by atoms with Crippen LogP contribution < -0.4 is 5.73 Å². The minimum atomic E-state index is -0.348. The Morgan fingerprint density at radius 2 is 1.67 bits per heavy atom. The zero-order valence-electron chi connectivity index (χ0n) is 8.99. The van der Waals surface area contributed by atoms with E-state index in [9.17, 15) is 5.11 Å². The summed E-state index contributed by atoms with van der Waals surface area (Å²) in [6, 6.07) is 11.4. The highest BCUT2D eigenvalue weighted by Gasteiger charge is 2.13. The molecule has 2 nitrogen and oxygen atoms in total. The lowest BCUT2D eigenvalue weighted by Gasteiger charge is -2.19. The maximum atomic E-state index is 9.39. The van der Waals surface area contributed by atoms with E-state index in [4.69, 9.17) is 5.73 Å². The van der Waals surface area contributed by atoms with Gasteiger partial charge in [0.05, 0.1) is 0 Å². The Bertz CT molecular complexity index is 497. The van der Waals surface area contributed by atoms with Gasteiger partial charge in [-0.05, 0) is 48.4 Å². The summed E-state index contributed by atoms with van der Waals surface area (Å²) in [7, 11) is 0. The molecule has 0 aliphatic carbocycles. The van der Waals surface area contributed by atoms with Gasteiger partial charge in [-0.25, -0.2) is 0 Å². The third-order valence-corrected chi connectivity index (χ3v) is 2.57. The summed E-state index contributed by atoms with van der Waals surface area (Å²) in [6.45, 7) is 3.94. The minimum Gasteiger partial charge on any atom is -0.508 e. The lowest BCUT2D eigenvalue weighted by atomic mass is 9.93. The molecular formula is C13H15NO. The molecule has 0 aliphatic rings. The predicted octanol–water partition coefficient (Wildman–Crippen LogP) is 2.74. The Morgan fingerprint density at radius 3 is 2.33 bits per heavy atom. The van der Waals surface area contributed by atoms with E-state index in [0.717, 1.165) is 16.3 Å². The quantitative estimate of drug-likeness (QED) is 0.745. The van der Waals surface area contributed by atoms with Gasteiger partial charge in [-0.1, -0.05) is 18.2 Å². The van der Waals surface area contributed by atoms with E-state index < -0.39 is 0 Å². The van der Waals surface area contributed by atoms with Gasteiger partial charge in [0, 0.05) is 5.54 Å². The SMILES string of the molecule is CC(C)(N)c1ccc2ccc(O)cc2c1. The van der Waals surface area contributed by atoms with Crippen molar-refractivity contribution >= 4 is 10.8 Å². The number of fused-ring (bicyclic) bond motifs is 1. The van der Waals surface area contributed by atoms with E-state index in [1.165, 1.54) is 0 Å². The van der Waals surface area contributed by atoms with Gasteiger partial charge >= 0.3 is 0 Å². The number of rotatable bonds is 1. The lowest BCUT2D eigenvalue weighted by molar-refractivity contribution is 0.476. The summed E-state index contributed by atoms with van der Waals surface area (Å²) < 4.78 is 0. The van der Waals surface area contributed by atoms with Crippen LogP contribution in [0.5, 0.6) is 5.75 Å². The molecule has 3 N–H and O–H groups in total. The van der Waals surface area contributed by atoms with Crippen LogP contribution in [0.1, 0.15) is 19.4 Å². The summed E-state index contributed by atoms with van der Waals surface area (Å²) in [5, 5.41) is 11.5. The standard InChI is InChI=1S/C13H15NO/c1-13(2,14)11-5-3-9-4-6-12(15)8-10(9)7-11/h3-8,15H,14H2,1-2H3. The summed E-state index contributed by atoms with van der Waals surface area (Å²) in [5.74, 6) is 0.287. The average Bonchev–Trinajstić information content (AvgIpc) is 2.15. The van der Waals surface area contributed by atoms with Crippen molar-refractivity contribution in [3.63, 3.8) is 0 Å². The summed E-state index contributed by atoms with van der Waals surface area (Å²) in [6.07, 6.45) is 0. The van der Waals surface area contributed by atoms with E-state index in [0.29, 0.717) is 0 Å². The van der Waals surface area contributed by atoms with Crippen LogP contribution in [0.25, 0.3) is 10.8 Å². The fourth-order valence-electron chi connectivity index (χ4n) is 1.63. The number of nitrogens with two attached hydrogens (primary N) is 1. The van der Waals surface area contributed by atoms with Crippen LogP contribution >= 0.6 is 0 Å². The Kier molecular flexibility index (Phi) is 2.16. The molecule has 0 bridgehead atoms. The van der Waals surface area contributed by atoms with Gasteiger partial charge in [-0.15, -0.1) is 0 Å². The third-order valence-electron chi connectivity index (χ3n) is 2.57. The highest BCUT2D eigenvalue weighted by atomic mass is 16.3. The normalized spacial score (nSPS) is 11.9. The van der Waals surface area contributed by atoms with Crippen LogP contribution in [0.2, 0.25) is 0 Å². The fourth-order valence-corrected chi connectivity index (χ4v) is 1.63. The van der Waals surface area contributed by atoms with Crippen molar-refractivity contribution < 1.29 is 5.11 Å². The topological polar surface area (TPSA) is 46.2 Å². The largest absolute Gasteiger partial charge is 0.508 e. The second kappa shape index (κ2) is 3.24. The summed E-state index contributed by atoms with van der Waals surface area (Å²) in [4.78, 5) is 0. The average molecular weight is 201 g/mol. The number of phenolic OH excluding ortho intramolecular Hbond substituents is 1. The monoisotopic (exact) mass is 201 g/mol. The third kappa shape index (κ3) is 1.95. The van der Waals surface area contributed by atoms with Crippen LogP contribution in [0.3, 0.4) is 0 Å². The van der Waals surface area contributed by atoms with Crippen molar-refractivity contribution in [1.82, 2.24) is 0 Å². The lowest BCUT2D eigenvalue weighted by Crippen LogP contribution is -2.28. The molecule has 2 aromatic carbocycles. The van der Waals surface area contributed by atoms with Crippen molar-refractivity contribution in [3.05, 3.63) is 42.0 Å². The molecule has 2 rings (SSSR count). The molecule has 0 heterocycles. The smallest absolute Gasteiger partial charge is 0.116 e. The van der Waals surface area contributed by atoms with E-state index in [-0.39, 0.29) is 11.3 Å². The Hall–Kier alpha value is -1.54. The molecule has 0 aromatic heterocycles. The van der Waals surface area contributed by atoms with E-state index >= 15 is 0 Å². The van der Waals surface area contributed by atoms with Gasteiger partial charge in [-0.2, -0.15) is 0 Å². The van der Waals surface area contributed by atoms with Crippen molar-refractivity contribution in [2.75, 3.05) is 0 Å². The first kappa shape index (κ1) is 9.99. The molecule has 0 atom stereocenters. The van der Waals surface area contributed by atoms with E-state index in [2.05, 4.69) is 0 Å². The number of hydrogen-bond donors (Lipinski definition) is 2. The molecular weight excluding hydrogens is 186 g/mol. The molecule has 15 heavy (non-hydrogen) atoms. The number of benzene rings is 2. The second-order valence-electron chi connectivity index (χ2n) is 4.47. The molecule has 2 aromatic rings. The zero-order chi connectivity index (χ0) is 11.1. The highest BCUT2D eigenvalue weighted by molar-refractivity contribution is 5.84. The van der Waals surface area contributed by atoms with Gasteiger partial charge in [0.2, 0.25) is 0 Å². The first-order valence-electron chi connectivity index (χ1n) is 4.99. The molecule has 0 fully saturated rings. The minimum absolute atomic E-state index is 0.287. The molecule has 0 unspecified atom stereocenters. The Labute approximate surface area is 89.3 Å². The maximum Gasteiger partial charge on any atom is 0.116 e. The maximum absolute atomic E-state index is 9.39. The Morgan fingerprint density at radius 1 is 1.00 bits per heavy atom. The zero-order valence-corrected chi connectivity index (χ0v) is 8.99. The summed E-state index contributed by atoms with van der Waals surface area (Å²) >= 11 is 0. The molecule has 78 valence electrons. The van der Waals surface area contributed by atoms with Crippen LogP contribution in [0, 0.1) is 0 Å². The van der Waals surface area contributed by atoms with Crippen molar-refractivity contribution in [3.8, 4) is 5.75 Å². The fraction of sp³-hybridized carbons (Fsp3) is 0.231. The summed E-state index contributed by atoms with van der Waals surface area (Å²) in [5.41, 5.74) is 6.75. The number of hydrogen-bond acceptors (Lipinski definition) is 2. The molecule has 0 spiro atoms. The molecule has 0 saturated carbocycles. The van der Waals surface area contributed by atoms with Crippen LogP contribution in [-0.2, 0) is 5.54 Å². The molecule has 0 aliphatic heterocycles. The van der Waals surface area contributed by atoms with Gasteiger partial charge in [0.25, 0.3) is 0 Å². The van der Waals surface area contributed by atoms with Gasteiger partial charge < -0.3 is 10.8 Å². The molecule has 0 saturated heterocycles. The Balaban J connectivity index is 2.64. The molecule has 0 amide bonds. The van der Waals surface area contributed by atoms with Crippen LogP contribution in [0.4, 0.5) is 0 Å². The first-order valence-corrected chi connectivity index (χ1v) is 4.99. The first-order chi connectivity index (χ1) is 6.97. The van der Waals surface area contributed by atoms with E-state index in [1.54, 1.807) is 12.1 Å². The molecule has 2 heteroatoms. The van der Waals surface area contributed by atoms with E-state index in [1.807, 2.05) is 38.1 Å². The van der Waals surface area contributed by atoms with Crippen LogP contribution in [-0.4, -0.2) is 5.11 Å². The predicted molar refractivity (Wildman–Crippen MR) is 62.8 cm³/mol. The number of aromatic hydroxyl groups is 1. The van der Waals surface area contributed by atoms with Gasteiger partial charge in [0.15, 0.2) is 0 Å². The van der Waals surface area contributed by atoms with Crippen molar-refractivity contribution in [2.24, 2.45) is 5.73 Å². The van der Waals surface area contributed by atoms with Crippen molar-refractivity contribution in [2.45, 2.75) is 19.4 Å². The van der Waals surface area contributed by atoms with Crippen molar-refractivity contribution in [1.29, 1.82) is 0 Å². The van der Waals surface area contributed by atoms with Crippen LogP contribution in [0.15, 0.2) is 36.4 Å². The van der Waals surface area contributed by atoms with Gasteiger partial charge in [0.1, 0.15) is 5.75 Å². The number of phenols is 1. The van der Waals surface area contributed by atoms with Gasteiger partial charge in [-0.3, -0.25) is 0 Å². The second-order valence-corrected chi connectivity index (χ2v) is 4.47. The highest BCUT2D eigenvalue weighted by Crippen LogP contribution is 2.25.